The quantitative estimate of drug-likeness (QED) is 0.897. The van der Waals surface area contributed by atoms with Crippen LogP contribution in [0.15, 0.2) is 29.6 Å². The molecule has 1 aromatic heterocycles. The van der Waals surface area contributed by atoms with E-state index in [0.29, 0.717) is 23.8 Å². The van der Waals surface area contributed by atoms with E-state index in [4.69, 9.17) is 9.47 Å². The van der Waals surface area contributed by atoms with Gasteiger partial charge < -0.3 is 14.8 Å². The van der Waals surface area contributed by atoms with Crippen LogP contribution in [0.5, 0.6) is 0 Å². The monoisotopic (exact) mass is 372 g/mol. The van der Waals surface area contributed by atoms with Gasteiger partial charge in [0.1, 0.15) is 16.8 Å². The molecule has 0 saturated carbocycles. The van der Waals surface area contributed by atoms with Crippen LogP contribution < -0.4 is 5.32 Å². The minimum Gasteiger partial charge on any atom is -0.377 e. The number of halogens is 3. The third kappa shape index (κ3) is 4.00. The van der Waals surface area contributed by atoms with Crippen LogP contribution in [0, 0.1) is 0 Å². The molecule has 2 atom stereocenters. The second-order valence-corrected chi connectivity index (χ2v) is 6.36. The van der Waals surface area contributed by atoms with Crippen LogP contribution in [0.2, 0.25) is 0 Å². The predicted molar refractivity (Wildman–Crippen MR) is 85.4 cm³/mol. The number of aromatic nitrogens is 1. The van der Waals surface area contributed by atoms with Crippen LogP contribution in [-0.4, -0.2) is 43.4 Å². The lowest BCUT2D eigenvalue weighted by Gasteiger charge is -2.16. The number of alkyl halides is 3. The summed E-state index contributed by atoms with van der Waals surface area (Å²) in [4.78, 5) is 16.5. The molecule has 0 unspecified atom stereocenters. The Morgan fingerprint density at radius 2 is 2.04 bits per heavy atom. The van der Waals surface area contributed by atoms with E-state index in [1.807, 2.05) is 0 Å². The summed E-state index contributed by atoms with van der Waals surface area (Å²) in [6, 6.07) is 4.42. The van der Waals surface area contributed by atoms with E-state index in [1.54, 1.807) is 12.5 Å². The number of carbonyl (C=O) groups is 1. The second kappa shape index (κ2) is 7.11. The molecule has 2 heterocycles. The molecule has 9 heteroatoms. The maximum atomic E-state index is 12.6. The summed E-state index contributed by atoms with van der Waals surface area (Å²) >= 11 is 1.19. The summed E-state index contributed by atoms with van der Waals surface area (Å²) < 4.78 is 48.3. The fourth-order valence-electron chi connectivity index (χ4n) is 2.46. The number of ether oxygens (including phenoxy) is 2. The number of amides is 1. The molecule has 2 aromatic rings. The average Bonchev–Trinajstić information content (AvgIpc) is 3.23. The molecule has 1 amide bonds. The number of benzene rings is 1. The van der Waals surface area contributed by atoms with Crippen molar-refractivity contribution >= 4 is 17.2 Å². The van der Waals surface area contributed by atoms with Gasteiger partial charge >= 0.3 is 6.18 Å². The third-order valence-electron chi connectivity index (χ3n) is 3.84. The Kier molecular flexibility index (Phi) is 5.07. The fourth-order valence-corrected chi connectivity index (χ4v) is 3.26. The van der Waals surface area contributed by atoms with Gasteiger partial charge in [-0.05, 0) is 12.1 Å². The van der Waals surface area contributed by atoms with Gasteiger partial charge in [-0.15, -0.1) is 11.3 Å². The first-order chi connectivity index (χ1) is 11.9. The number of thiazole rings is 1. The number of nitrogens with one attached hydrogen (secondary N) is 1. The number of methoxy groups -OCH3 is 1. The Morgan fingerprint density at radius 1 is 1.32 bits per heavy atom. The van der Waals surface area contributed by atoms with Crippen LogP contribution in [0.4, 0.5) is 13.2 Å². The maximum Gasteiger partial charge on any atom is 0.416 e. The minimum atomic E-state index is -4.38. The molecule has 0 aliphatic carbocycles. The highest BCUT2D eigenvalue weighted by atomic mass is 32.1. The number of hydrogen-bond acceptors (Lipinski definition) is 5. The highest BCUT2D eigenvalue weighted by molar-refractivity contribution is 7.13. The van der Waals surface area contributed by atoms with Crippen molar-refractivity contribution in [3.8, 4) is 10.6 Å². The number of hydrogen-bond donors (Lipinski definition) is 1. The van der Waals surface area contributed by atoms with Crippen LogP contribution in [0.25, 0.3) is 10.6 Å². The molecular weight excluding hydrogens is 357 g/mol. The van der Waals surface area contributed by atoms with Gasteiger partial charge in [0.25, 0.3) is 5.91 Å². The zero-order valence-electron chi connectivity index (χ0n) is 13.2. The molecule has 0 radical (unpaired) electrons. The molecule has 1 saturated heterocycles. The van der Waals surface area contributed by atoms with Crippen molar-refractivity contribution in [2.24, 2.45) is 0 Å². The van der Waals surface area contributed by atoms with Gasteiger partial charge in [-0.3, -0.25) is 4.79 Å². The Labute approximate surface area is 145 Å². The Hall–Kier alpha value is -1.97. The first kappa shape index (κ1) is 17.8. The second-order valence-electron chi connectivity index (χ2n) is 5.50. The lowest BCUT2D eigenvalue weighted by Crippen LogP contribution is -2.43. The van der Waals surface area contributed by atoms with Gasteiger partial charge in [-0.1, -0.05) is 12.1 Å². The molecule has 5 nitrogen and oxygen atoms in total. The zero-order chi connectivity index (χ0) is 18.0. The van der Waals surface area contributed by atoms with Crippen molar-refractivity contribution in [1.82, 2.24) is 10.3 Å². The molecular formula is C16H15F3N2O3S. The molecule has 25 heavy (non-hydrogen) atoms. The summed E-state index contributed by atoms with van der Waals surface area (Å²) in [5.41, 5.74) is 0.00952. The molecule has 1 fully saturated rings. The van der Waals surface area contributed by atoms with Gasteiger partial charge in [0, 0.05) is 18.1 Å². The lowest BCUT2D eigenvalue weighted by atomic mass is 10.1. The normalized spacial score (nSPS) is 20.6. The standard InChI is InChI=1S/C16H15F3N2O3S/c1-23-13-7-24-6-11(13)20-14(22)12-8-25-15(21-12)9-2-4-10(5-3-9)16(17,18)19/h2-5,8,11,13H,6-7H2,1H3,(H,20,22)/t11-,13-/m0/s1. The number of nitrogens with zero attached hydrogens (tertiary/aromatic N) is 1. The van der Waals surface area contributed by atoms with Crippen molar-refractivity contribution in [3.05, 3.63) is 40.9 Å². The Bertz CT molecular complexity index is 746. The van der Waals surface area contributed by atoms with E-state index in [1.165, 1.54) is 23.5 Å². The Balaban J connectivity index is 1.70. The van der Waals surface area contributed by atoms with Crippen molar-refractivity contribution in [1.29, 1.82) is 0 Å². The molecule has 134 valence electrons. The number of rotatable bonds is 4. The highest BCUT2D eigenvalue weighted by Gasteiger charge is 2.31. The largest absolute Gasteiger partial charge is 0.416 e. The summed E-state index contributed by atoms with van der Waals surface area (Å²) in [5, 5.41) is 4.84. The molecule has 1 N–H and O–H groups in total. The first-order valence-electron chi connectivity index (χ1n) is 7.43. The zero-order valence-corrected chi connectivity index (χ0v) is 14.0. The van der Waals surface area contributed by atoms with E-state index in [9.17, 15) is 18.0 Å². The topological polar surface area (TPSA) is 60.5 Å². The molecule has 1 aliphatic heterocycles. The van der Waals surface area contributed by atoms with Crippen molar-refractivity contribution in [2.75, 3.05) is 20.3 Å². The van der Waals surface area contributed by atoms with Gasteiger partial charge in [-0.25, -0.2) is 4.98 Å². The summed E-state index contributed by atoms with van der Waals surface area (Å²) in [5.74, 6) is -0.369. The van der Waals surface area contributed by atoms with Crippen LogP contribution in [0.3, 0.4) is 0 Å². The number of carbonyl (C=O) groups excluding carboxylic acids is 1. The van der Waals surface area contributed by atoms with E-state index in [0.717, 1.165) is 12.1 Å². The van der Waals surface area contributed by atoms with Crippen molar-refractivity contribution in [2.45, 2.75) is 18.3 Å². The van der Waals surface area contributed by atoms with Crippen molar-refractivity contribution < 1.29 is 27.4 Å². The highest BCUT2D eigenvalue weighted by Crippen LogP contribution is 2.31. The van der Waals surface area contributed by atoms with Crippen LogP contribution >= 0.6 is 11.3 Å². The molecule has 0 spiro atoms. The first-order valence-corrected chi connectivity index (χ1v) is 8.31. The molecule has 3 rings (SSSR count). The maximum absolute atomic E-state index is 12.6. The van der Waals surface area contributed by atoms with Crippen LogP contribution in [-0.2, 0) is 15.7 Å². The molecule has 0 bridgehead atoms. The Morgan fingerprint density at radius 3 is 2.68 bits per heavy atom. The van der Waals surface area contributed by atoms with Gasteiger partial charge in [0.15, 0.2) is 0 Å². The third-order valence-corrected chi connectivity index (χ3v) is 4.73. The van der Waals surface area contributed by atoms with Crippen LogP contribution in [0.1, 0.15) is 16.1 Å². The predicted octanol–water partition coefficient (Wildman–Crippen LogP) is 2.97. The average molecular weight is 372 g/mol. The van der Waals surface area contributed by atoms with Gasteiger partial charge in [0.05, 0.1) is 24.8 Å². The smallest absolute Gasteiger partial charge is 0.377 e. The van der Waals surface area contributed by atoms with Gasteiger partial charge in [-0.2, -0.15) is 13.2 Å². The van der Waals surface area contributed by atoms with E-state index >= 15 is 0 Å². The van der Waals surface area contributed by atoms with Gasteiger partial charge in [0.2, 0.25) is 0 Å². The van der Waals surface area contributed by atoms with Crippen molar-refractivity contribution in [3.63, 3.8) is 0 Å². The van der Waals surface area contributed by atoms with E-state index in [2.05, 4.69) is 10.3 Å². The fraction of sp³-hybridized carbons (Fsp3) is 0.375. The minimum absolute atomic E-state index is 0.210. The van der Waals surface area contributed by atoms with E-state index < -0.39 is 11.7 Å². The summed E-state index contributed by atoms with van der Waals surface area (Å²) in [6.07, 6.45) is -4.59. The molecule has 1 aromatic carbocycles. The molecule has 1 aliphatic rings. The van der Waals surface area contributed by atoms with E-state index in [-0.39, 0.29) is 23.7 Å². The summed E-state index contributed by atoms with van der Waals surface area (Å²) in [7, 11) is 1.55. The summed E-state index contributed by atoms with van der Waals surface area (Å²) in [6.45, 7) is 0.773. The SMILES string of the molecule is CO[C@H]1COC[C@@H]1NC(=O)c1csc(-c2ccc(C(F)(F)F)cc2)n1. The lowest BCUT2D eigenvalue weighted by molar-refractivity contribution is -0.137.